The number of carbonyl (C=O) groups excluding carboxylic acids is 1. The number of nitrogens with zero attached hydrogens (tertiary/aromatic N) is 5. The summed E-state index contributed by atoms with van der Waals surface area (Å²) in [4.78, 5) is 15.6. The van der Waals surface area contributed by atoms with Crippen molar-refractivity contribution >= 4 is 5.91 Å². The Morgan fingerprint density at radius 1 is 1.07 bits per heavy atom. The van der Waals surface area contributed by atoms with Crippen LogP contribution in [0.2, 0.25) is 0 Å². The van der Waals surface area contributed by atoms with Crippen LogP contribution in [0.5, 0.6) is 0 Å². The molecule has 2 aromatic carbocycles. The largest absolute Gasteiger partial charge is 0.383 e. The fraction of sp³-hybridized carbons (Fsp3) is 0.333. The van der Waals surface area contributed by atoms with Crippen LogP contribution in [-0.4, -0.2) is 49.2 Å². The van der Waals surface area contributed by atoms with E-state index in [4.69, 9.17) is 0 Å². The second-order valence-electron chi connectivity index (χ2n) is 7.47. The SMILES string of the molecule is Cc1ccc(-c2nnn(CC(=O)N3CCC(O)(c4ccc(C)cc4)C3)n2)cc1. The zero-order valence-electron chi connectivity index (χ0n) is 16.0. The minimum Gasteiger partial charge on any atom is -0.383 e. The maximum atomic E-state index is 12.7. The van der Waals surface area contributed by atoms with Crippen molar-refractivity contribution < 1.29 is 9.90 Å². The van der Waals surface area contributed by atoms with Crippen molar-refractivity contribution in [3.05, 3.63) is 65.2 Å². The highest BCUT2D eigenvalue weighted by Gasteiger charge is 2.39. The lowest BCUT2D eigenvalue weighted by atomic mass is 9.92. The van der Waals surface area contributed by atoms with Gasteiger partial charge in [0.25, 0.3) is 0 Å². The van der Waals surface area contributed by atoms with E-state index in [9.17, 15) is 9.90 Å². The van der Waals surface area contributed by atoms with Crippen LogP contribution >= 0.6 is 0 Å². The van der Waals surface area contributed by atoms with E-state index >= 15 is 0 Å². The van der Waals surface area contributed by atoms with Crippen LogP contribution in [0.25, 0.3) is 11.4 Å². The molecule has 1 aromatic heterocycles. The average molecular weight is 377 g/mol. The molecule has 28 heavy (non-hydrogen) atoms. The molecule has 4 rings (SSSR count). The van der Waals surface area contributed by atoms with Gasteiger partial charge in [-0.1, -0.05) is 59.7 Å². The quantitative estimate of drug-likeness (QED) is 0.753. The summed E-state index contributed by atoms with van der Waals surface area (Å²) in [7, 11) is 0. The van der Waals surface area contributed by atoms with Crippen molar-refractivity contribution in [3.63, 3.8) is 0 Å². The van der Waals surface area contributed by atoms with Gasteiger partial charge in [0.1, 0.15) is 12.1 Å². The Hall–Kier alpha value is -3.06. The van der Waals surface area contributed by atoms with E-state index in [1.165, 1.54) is 4.80 Å². The van der Waals surface area contributed by atoms with E-state index in [2.05, 4.69) is 15.4 Å². The third-order valence-electron chi connectivity index (χ3n) is 5.23. The zero-order chi connectivity index (χ0) is 19.7. The molecular weight excluding hydrogens is 354 g/mol. The number of hydrogen-bond acceptors (Lipinski definition) is 5. The van der Waals surface area contributed by atoms with Crippen molar-refractivity contribution in [2.45, 2.75) is 32.4 Å². The predicted molar refractivity (Wildman–Crippen MR) is 104 cm³/mol. The monoisotopic (exact) mass is 377 g/mol. The first-order valence-corrected chi connectivity index (χ1v) is 9.35. The van der Waals surface area contributed by atoms with Gasteiger partial charge in [0.05, 0.1) is 6.54 Å². The minimum atomic E-state index is -1.01. The van der Waals surface area contributed by atoms with Gasteiger partial charge in [-0.25, -0.2) is 0 Å². The molecule has 3 aromatic rings. The lowest BCUT2D eigenvalue weighted by Gasteiger charge is -2.24. The van der Waals surface area contributed by atoms with Gasteiger partial charge in [0.2, 0.25) is 11.7 Å². The molecule has 1 N–H and O–H groups in total. The van der Waals surface area contributed by atoms with Gasteiger partial charge in [-0.2, -0.15) is 4.80 Å². The molecule has 1 saturated heterocycles. The molecule has 1 unspecified atom stereocenters. The topological polar surface area (TPSA) is 84.1 Å². The molecule has 144 valence electrons. The number of hydrogen-bond donors (Lipinski definition) is 1. The van der Waals surface area contributed by atoms with Crippen molar-refractivity contribution in [1.82, 2.24) is 25.1 Å². The van der Waals surface area contributed by atoms with Crippen molar-refractivity contribution in [2.75, 3.05) is 13.1 Å². The molecule has 1 amide bonds. The number of carbonyl (C=O) groups is 1. The Labute approximate surface area is 163 Å². The van der Waals surface area contributed by atoms with Crippen LogP contribution in [0.4, 0.5) is 0 Å². The first-order valence-electron chi connectivity index (χ1n) is 9.35. The number of aromatic nitrogens is 4. The Morgan fingerprint density at radius 2 is 1.71 bits per heavy atom. The summed E-state index contributed by atoms with van der Waals surface area (Å²) in [6.07, 6.45) is 0.515. The highest BCUT2D eigenvalue weighted by Crippen LogP contribution is 2.32. The fourth-order valence-electron chi connectivity index (χ4n) is 3.46. The van der Waals surface area contributed by atoms with E-state index < -0.39 is 5.60 Å². The first kappa shape index (κ1) is 18.3. The van der Waals surface area contributed by atoms with E-state index in [-0.39, 0.29) is 19.0 Å². The number of aliphatic hydroxyl groups is 1. The molecule has 1 atom stereocenters. The summed E-state index contributed by atoms with van der Waals surface area (Å²) in [5.41, 5.74) is 2.99. The second-order valence-corrected chi connectivity index (χ2v) is 7.47. The number of aryl methyl sites for hydroxylation is 2. The number of tetrazole rings is 1. The molecule has 1 aliphatic rings. The summed E-state index contributed by atoms with van der Waals surface area (Å²) in [5, 5.41) is 23.3. The first-order chi connectivity index (χ1) is 13.4. The Balaban J connectivity index is 1.42. The van der Waals surface area contributed by atoms with Crippen LogP contribution in [0.3, 0.4) is 0 Å². The smallest absolute Gasteiger partial charge is 0.246 e. The molecule has 0 bridgehead atoms. The maximum Gasteiger partial charge on any atom is 0.246 e. The Kier molecular flexibility index (Phi) is 4.68. The van der Waals surface area contributed by atoms with Gasteiger partial charge in [-0.05, 0) is 31.0 Å². The molecule has 0 spiro atoms. The summed E-state index contributed by atoms with van der Waals surface area (Å²) >= 11 is 0. The van der Waals surface area contributed by atoms with E-state index in [0.29, 0.717) is 18.8 Å². The average Bonchev–Trinajstić information content (AvgIpc) is 3.31. The number of rotatable bonds is 4. The molecule has 0 saturated carbocycles. The van der Waals surface area contributed by atoms with Gasteiger partial charge in [0.15, 0.2) is 0 Å². The Bertz CT molecular complexity index is 981. The number of β-amino-alcohol motifs (C(OH)–C–C–N with tert-alkyl or cyclic N) is 1. The van der Waals surface area contributed by atoms with Gasteiger partial charge in [-0.3, -0.25) is 4.79 Å². The van der Waals surface area contributed by atoms with Gasteiger partial charge >= 0.3 is 0 Å². The lowest BCUT2D eigenvalue weighted by molar-refractivity contribution is -0.132. The third-order valence-corrected chi connectivity index (χ3v) is 5.23. The highest BCUT2D eigenvalue weighted by atomic mass is 16.3. The molecule has 0 aliphatic carbocycles. The lowest BCUT2D eigenvalue weighted by Crippen LogP contribution is -2.36. The highest BCUT2D eigenvalue weighted by molar-refractivity contribution is 5.76. The van der Waals surface area contributed by atoms with Crippen LogP contribution in [0.1, 0.15) is 23.1 Å². The maximum absolute atomic E-state index is 12.7. The van der Waals surface area contributed by atoms with Gasteiger partial charge in [-0.15, -0.1) is 10.2 Å². The number of likely N-dealkylation sites (tertiary alicyclic amines) is 1. The van der Waals surface area contributed by atoms with Crippen LogP contribution in [0.15, 0.2) is 48.5 Å². The second kappa shape index (κ2) is 7.16. The normalized spacial score (nSPS) is 19.2. The van der Waals surface area contributed by atoms with Crippen LogP contribution in [0, 0.1) is 13.8 Å². The molecule has 0 radical (unpaired) electrons. The molecule has 2 heterocycles. The van der Waals surface area contributed by atoms with Crippen LogP contribution < -0.4 is 0 Å². The summed E-state index contributed by atoms with van der Waals surface area (Å²) in [6.45, 7) is 4.80. The predicted octanol–water partition coefficient (Wildman–Crippen LogP) is 2.08. The summed E-state index contributed by atoms with van der Waals surface area (Å²) in [5.74, 6) is 0.362. The number of benzene rings is 2. The zero-order valence-corrected chi connectivity index (χ0v) is 16.0. The van der Waals surface area contributed by atoms with Gasteiger partial charge in [0, 0.05) is 12.1 Å². The summed E-state index contributed by atoms with van der Waals surface area (Å²) in [6, 6.07) is 15.6. The van der Waals surface area contributed by atoms with Crippen molar-refractivity contribution in [1.29, 1.82) is 0 Å². The standard InChI is InChI=1S/C21H23N5O2/c1-15-3-7-17(8-4-15)20-22-24-26(23-20)13-19(27)25-12-11-21(28,14-25)18-9-5-16(2)6-10-18/h3-10,28H,11-14H2,1-2H3. The summed E-state index contributed by atoms with van der Waals surface area (Å²) < 4.78 is 0. The van der Waals surface area contributed by atoms with E-state index in [0.717, 1.165) is 22.3 Å². The number of amides is 1. The van der Waals surface area contributed by atoms with Gasteiger partial charge < -0.3 is 10.0 Å². The van der Waals surface area contributed by atoms with Crippen molar-refractivity contribution in [3.8, 4) is 11.4 Å². The molecule has 1 fully saturated rings. The Morgan fingerprint density at radius 3 is 2.39 bits per heavy atom. The third kappa shape index (κ3) is 3.66. The van der Waals surface area contributed by atoms with E-state index in [1.54, 1.807) is 4.90 Å². The minimum absolute atomic E-state index is 0.00282. The molecular formula is C21H23N5O2. The van der Waals surface area contributed by atoms with E-state index in [1.807, 2.05) is 62.4 Å². The van der Waals surface area contributed by atoms with Crippen molar-refractivity contribution in [2.24, 2.45) is 0 Å². The molecule has 7 heteroatoms. The molecule has 7 nitrogen and oxygen atoms in total. The molecule has 1 aliphatic heterocycles. The fourth-order valence-corrected chi connectivity index (χ4v) is 3.46. The van der Waals surface area contributed by atoms with Crippen LogP contribution in [-0.2, 0) is 16.9 Å².